The smallest absolute Gasteiger partial charge is 0.225 e. The van der Waals surface area contributed by atoms with Crippen LogP contribution in [0.15, 0.2) is 36.7 Å². The number of anilines is 1. The molecule has 0 aliphatic carbocycles. The first-order valence-electron chi connectivity index (χ1n) is 10.9. The van der Waals surface area contributed by atoms with Crippen molar-refractivity contribution >= 4 is 11.7 Å². The Morgan fingerprint density at radius 1 is 1.00 bits per heavy atom. The monoisotopic (exact) mass is 394 g/mol. The van der Waals surface area contributed by atoms with Gasteiger partial charge in [-0.15, -0.1) is 0 Å². The molecule has 2 unspecified atom stereocenters. The molecule has 4 rings (SSSR count). The van der Waals surface area contributed by atoms with Crippen LogP contribution in [-0.4, -0.2) is 52.9 Å². The van der Waals surface area contributed by atoms with Gasteiger partial charge in [0.1, 0.15) is 5.78 Å². The zero-order valence-electron chi connectivity index (χ0n) is 18.4. The van der Waals surface area contributed by atoms with Crippen LogP contribution < -0.4 is 4.90 Å². The summed E-state index contributed by atoms with van der Waals surface area (Å²) in [5.41, 5.74) is 3.16. The minimum Gasteiger partial charge on any atom is -0.332 e. The summed E-state index contributed by atoms with van der Waals surface area (Å²) in [5.74, 6) is 1.21. The quantitative estimate of drug-likeness (QED) is 0.760. The zero-order chi connectivity index (χ0) is 21.0. The van der Waals surface area contributed by atoms with Crippen LogP contribution in [0.3, 0.4) is 0 Å². The van der Waals surface area contributed by atoms with Gasteiger partial charge < -0.3 is 9.80 Å². The molecule has 0 N–H and O–H groups in total. The number of carbonyl (C=O) groups excluding carboxylic acids is 1. The molecule has 5 heteroatoms. The van der Waals surface area contributed by atoms with E-state index in [1.807, 2.05) is 52.2 Å². The summed E-state index contributed by atoms with van der Waals surface area (Å²) < 4.78 is 0. The molecule has 0 spiro atoms. The molecular weight excluding hydrogens is 360 g/mol. The SMILES string of the molecule is CC.CC(C)C(=O)Cc1ccc(-c2cnc(N3C4CCC3CN(C)C4)nc2)cc1. The predicted octanol–water partition coefficient (Wildman–Crippen LogP) is 4.22. The van der Waals surface area contributed by atoms with Crippen molar-refractivity contribution in [2.45, 2.75) is 59.0 Å². The molecule has 29 heavy (non-hydrogen) atoms. The summed E-state index contributed by atoms with van der Waals surface area (Å²) in [5, 5.41) is 0. The molecule has 3 heterocycles. The highest BCUT2D eigenvalue weighted by Crippen LogP contribution is 2.32. The topological polar surface area (TPSA) is 49.3 Å². The number of rotatable bonds is 5. The maximum atomic E-state index is 11.9. The summed E-state index contributed by atoms with van der Waals surface area (Å²) in [4.78, 5) is 26.1. The van der Waals surface area contributed by atoms with E-state index in [1.54, 1.807) is 0 Å². The number of benzene rings is 1. The van der Waals surface area contributed by atoms with Crippen LogP contribution in [0.2, 0.25) is 0 Å². The molecule has 2 fully saturated rings. The predicted molar refractivity (Wildman–Crippen MR) is 119 cm³/mol. The van der Waals surface area contributed by atoms with Crippen molar-refractivity contribution in [3.8, 4) is 11.1 Å². The Balaban J connectivity index is 0.00000117. The van der Waals surface area contributed by atoms with Crippen LogP contribution in [0.1, 0.15) is 46.1 Å². The molecule has 1 aromatic carbocycles. The third kappa shape index (κ3) is 4.84. The Kier molecular flexibility index (Phi) is 7.01. The van der Waals surface area contributed by atoms with E-state index in [2.05, 4.69) is 38.9 Å². The van der Waals surface area contributed by atoms with Crippen LogP contribution in [0, 0.1) is 5.92 Å². The summed E-state index contributed by atoms with van der Waals surface area (Å²) >= 11 is 0. The molecule has 1 aromatic heterocycles. The molecule has 2 aliphatic rings. The second-order valence-corrected chi connectivity index (χ2v) is 8.28. The Hall–Kier alpha value is -2.27. The highest BCUT2D eigenvalue weighted by molar-refractivity contribution is 5.82. The van der Waals surface area contributed by atoms with Gasteiger partial charge in [0.25, 0.3) is 0 Å². The number of piperazine rings is 1. The third-order valence-electron chi connectivity index (χ3n) is 5.84. The molecule has 2 aromatic rings. The van der Waals surface area contributed by atoms with E-state index in [0.29, 0.717) is 18.5 Å². The lowest BCUT2D eigenvalue weighted by atomic mass is 9.99. The van der Waals surface area contributed by atoms with Gasteiger partial charge in [0.15, 0.2) is 0 Å². The highest BCUT2D eigenvalue weighted by Gasteiger charge is 2.40. The van der Waals surface area contributed by atoms with Crippen LogP contribution in [-0.2, 0) is 11.2 Å². The molecule has 2 atom stereocenters. The van der Waals surface area contributed by atoms with Gasteiger partial charge in [0.2, 0.25) is 5.95 Å². The fourth-order valence-electron chi connectivity index (χ4n) is 4.26. The van der Waals surface area contributed by atoms with Gasteiger partial charge in [0.05, 0.1) is 0 Å². The average molecular weight is 395 g/mol. The molecule has 156 valence electrons. The fraction of sp³-hybridized carbons (Fsp3) is 0.542. The van der Waals surface area contributed by atoms with Gasteiger partial charge >= 0.3 is 0 Å². The van der Waals surface area contributed by atoms with Gasteiger partial charge in [-0.05, 0) is 31.0 Å². The van der Waals surface area contributed by atoms with Crippen LogP contribution in [0.25, 0.3) is 11.1 Å². The van der Waals surface area contributed by atoms with E-state index in [1.165, 1.54) is 12.8 Å². The van der Waals surface area contributed by atoms with Crippen molar-refractivity contribution in [1.82, 2.24) is 14.9 Å². The number of nitrogens with zero attached hydrogens (tertiary/aromatic N) is 4. The number of Topliss-reactive ketones (excluding diaryl/α,β-unsaturated/α-hetero) is 1. The summed E-state index contributed by atoms with van der Waals surface area (Å²) in [6, 6.07) is 9.26. The Bertz CT molecular complexity index is 787. The number of hydrogen-bond acceptors (Lipinski definition) is 5. The first-order valence-corrected chi connectivity index (χ1v) is 10.9. The number of likely N-dealkylation sites (tertiary alicyclic amines) is 1. The van der Waals surface area contributed by atoms with Crippen molar-refractivity contribution in [2.75, 3.05) is 25.0 Å². The Morgan fingerprint density at radius 2 is 1.55 bits per heavy atom. The maximum absolute atomic E-state index is 11.9. The Labute approximate surface area is 175 Å². The van der Waals surface area contributed by atoms with Gasteiger partial charge in [-0.2, -0.15) is 0 Å². The molecule has 0 radical (unpaired) electrons. The number of hydrogen-bond donors (Lipinski definition) is 0. The zero-order valence-corrected chi connectivity index (χ0v) is 18.4. The second-order valence-electron chi connectivity index (χ2n) is 8.28. The third-order valence-corrected chi connectivity index (χ3v) is 5.84. The molecule has 5 nitrogen and oxygen atoms in total. The number of carbonyl (C=O) groups is 1. The van der Waals surface area contributed by atoms with Crippen LogP contribution >= 0.6 is 0 Å². The lowest BCUT2D eigenvalue weighted by Crippen LogP contribution is -2.53. The molecule has 0 saturated carbocycles. The molecule has 2 saturated heterocycles. The highest BCUT2D eigenvalue weighted by atomic mass is 16.1. The molecule has 0 amide bonds. The first-order chi connectivity index (χ1) is 14.0. The fourth-order valence-corrected chi connectivity index (χ4v) is 4.26. The average Bonchev–Trinajstić information content (AvgIpc) is 3.01. The summed E-state index contributed by atoms with van der Waals surface area (Å²) in [6.07, 6.45) is 6.82. The van der Waals surface area contributed by atoms with Crippen molar-refractivity contribution in [2.24, 2.45) is 5.92 Å². The minimum atomic E-state index is 0.0792. The maximum Gasteiger partial charge on any atom is 0.225 e. The van der Waals surface area contributed by atoms with E-state index in [9.17, 15) is 4.79 Å². The first kappa shape index (κ1) is 21.4. The lowest BCUT2D eigenvalue weighted by molar-refractivity contribution is -0.121. The molecule has 2 aliphatic heterocycles. The van der Waals surface area contributed by atoms with Crippen molar-refractivity contribution < 1.29 is 4.79 Å². The van der Waals surface area contributed by atoms with Gasteiger partial charge in [-0.1, -0.05) is 52.0 Å². The molecular formula is C24H34N4O. The normalized spacial score (nSPS) is 21.1. The molecule has 2 bridgehead atoms. The van der Waals surface area contributed by atoms with Gasteiger partial charge in [-0.3, -0.25) is 4.79 Å². The van der Waals surface area contributed by atoms with E-state index in [0.717, 1.165) is 35.7 Å². The van der Waals surface area contributed by atoms with Crippen molar-refractivity contribution in [3.05, 3.63) is 42.2 Å². The largest absolute Gasteiger partial charge is 0.332 e. The Morgan fingerprint density at radius 3 is 2.07 bits per heavy atom. The van der Waals surface area contributed by atoms with E-state index >= 15 is 0 Å². The number of fused-ring (bicyclic) bond motifs is 2. The lowest BCUT2D eigenvalue weighted by Gasteiger charge is -2.39. The number of ketones is 1. The minimum absolute atomic E-state index is 0.0792. The van der Waals surface area contributed by atoms with Crippen molar-refractivity contribution in [1.29, 1.82) is 0 Å². The van der Waals surface area contributed by atoms with E-state index in [4.69, 9.17) is 0 Å². The van der Waals surface area contributed by atoms with E-state index in [-0.39, 0.29) is 11.7 Å². The van der Waals surface area contributed by atoms with Crippen LogP contribution in [0.5, 0.6) is 0 Å². The summed E-state index contributed by atoms with van der Waals surface area (Å²) in [7, 11) is 2.20. The number of aromatic nitrogens is 2. The van der Waals surface area contributed by atoms with Gasteiger partial charge in [0, 0.05) is 55.5 Å². The second kappa shape index (κ2) is 9.49. The van der Waals surface area contributed by atoms with Crippen molar-refractivity contribution in [3.63, 3.8) is 0 Å². The summed E-state index contributed by atoms with van der Waals surface area (Å²) in [6.45, 7) is 10.1. The number of likely N-dealkylation sites (N-methyl/N-ethyl adjacent to an activating group) is 1. The van der Waals surface area contributed by atoms with Gasteiger partial charge in [-0.25, -0.2) is 9.97 Å². The van der Waals surface area contributed by atoms with Crippen LogP contribution in [0.4, 0.5) is 5.95 Å². The van der Waals surface area contributed by atoms with E-state index < -0.39 is 0 Å². The standard InChI is InChI=1S/C22H28N4O.C2H6/c1-15(2)21(27)10-16-4-6-17(7-5-16)18-11-23-22(24-12-18)26-19-8-9-20(26)14-25(3)13-19;1-2/h4-7,11-12,15,19-20H,8-10,13-14H2,1-3H3;1-2H3.